The predicted molar refractivity (Wildman–Crippen MR) is 106 cm³/mol. The zero-order valence-electron chi connectivity index (χ0n) is 14.8. The Kier molecular flexibility index (Phi) is 5.58. The minimum absolute atomic E-state index is 0.0762. The second-order valence-electron chi connectivity index (χ2n) is 5.88. The molecule has 3 aromatic rings. The van der Waals surface area contributed by atoms with Gasteiger partial charge in [-0.1, -0.05) is 43.0 Å². The number of anilines is 2. The number of rotatable bonds is 6. The first-order chi connectivity index (χ1) is 12.6. The van der Waals surface area contributed by atoms with Crippen LogP contribution in [0.1, 0.15) is 12.5 Å². The van der Waals surface area contributed by atoms with Crippen LogP contribution >= 0.6 is 11.8 Å². The number of hydrogen-bond donors (Lipinski definition) is 2. The number of aryl methyl sites for hydroxylation is 1. The molecule has 0 saturated heterocycles. The summed E-state index contributed by atoms with van der Waals surface area (Å²) in [6.45, 7) is 2.10. The number of nitrogens with one attached hydrogen (secondary N) is 1. The summed E-state index contributed by atoms with van der Waals surface area (Å²) in [5, 5.41) is 12.0. The molecule has 0 aliphatic heterocycles. The summed E-state index contributed by atoms with van der Waals surface area (Å²) >= 11 is 1.35. The van der Waals surface area contributed by atoms with E-state index in [0.717, 1.165) is 23.5 Å². The molecule has 0 aliphatic carbocycles. The number of nitrogens with zero attached hydrogens (tertiary/aromatic N) is 3. The lowest BCUT2D eigenvalue weighted by Crippen LogP contribution is -2.14. The number of nitrogens with two attached hydrogens (primary N) is 1. The van der Waals surface area contributed by atoms with Crippen LogP contribution in [-0.4, -0.2) is 26.4 Å². The van der Waals surface area contributed by atoms with Gasteiger partial charge in [-0.15, -0.1) is 10.2 Å². The number of carbonyl (C=O) groups excluding carboxylic acids is 1. The number of aromatic nitrogens is 3. The van der Waals surface area contributed by atoms with E-state index in [4.69, 9.17) is 5.73 Å². The van der Waals surface area contributed by atoms with Crippen molar-refractivity contribution < 1.29 is 4.79 Å². The molecule has 0 saturated carbocycles. The molecule has 134 valence electrons. The van der Waals surface area contributed by atoms with E-state index in [9.17, 15) is 4.79 Å². The molecule has 0 spiro atoms. The van der Waals surface area contributed by atoms with E-state index < -0.39 is 0 Å². The molecule has 0 bridgehead atoms. The maximum atomic E-state index is 12.2. The van der Waals surface area contributed by atoms with E-state index in [2.05, 4.69) is 22.4 Å². The Morgan fingerprint density at radius 3 is 2.65 bits per heavy atom. The van der Waals surface area contributed by atoms with Crippen LogP contribution in [0.5, 0.6) is 0 Å². The standard InChI is InChI=1S/C19H21N5OS/c1-3-13-7-9-16(10-8-13)21-17(25)12-26-19-23-22-18(24(19)2)14-5-4-6-15(20)11-14/h4-11H,3,12,20H2,1-2H3,(H,21,25). The highest BCUT2D eigenvalue weighted by Gasteiger charge is 2.13. The van der Waals surface area contributed by atoms with Crippen LogP contribution in [0.4, 0.5) is 11.4 Å². The molecular weight excluding hydrogens is 346 g/mol. The van der Waals surface area contributed by atoms with Crippen molar-refractivity contribution in [3.8, 4) is 11.4 Å². The summed E-state index contributed by atoms with van der Waals surface area (Å²) in [7, 11) is 1.88. The fraction of sp³-hybridized carbons (Fsp3) is 0.211. The van der Waals surface area contributed by atoms with Crippen molar-refractivity contribution in [2.75, 3.05) is 16.8 Å². The van der Waals surface area contributed by atoms with Gasteiger partial charge in [-0.2, -0.15) is 0 Å². The van der Waals surface area contributed by atoms with Crippen molar-refractivity contribution in [3.63, 3.8) is 0 Å². The highest BCUT2D eigenvalue weighted by atomic mass is 32.2. The minimum Gasteiger partial charge on any atom is -0.399 e. The first kappa shape index (κ1) is 18.0. The van der Waals surface area contributed by atoms with Gasteiger partial charge in [-0.25, -0.2) is 0 Å². The topological polar surface area (TPSA) is 85.8 Å². The van der Waals surface area contributed by atoms with Crippen molar-refractivity contribution in [1.82, 2.24) is 14.8 Å². The lowest BCUT2D eigenvalue weighted by Gasteiger charge is -2.06. The molecule has 1 amide bonds. The molecule has 0 aliphatic rings. The van der Waals surface area contributed by atoms with Crippen molar-refractivity contribution in [2.24, 2.45) is 7.05 Å². The number of carbonyl (C=O) groups is 1. The molecule has 1 aromatic heterocycles. The van der Waals surface area contributed by atoms with Gasteiger partial charge in [0.2, 0.25) is 5.91 Å². The Hall–Kier alpha value is -2.80. The van der Waals surface area contributed by atoms with E-state index in [1.807, 2.05) is 60.1 Å². The average molecular weight is 367 g/mol. The van der Waals surface area contributed by atoms with Crippen LogP contribution in [0, 0.1) is 0 Å². The Balaban J connectivity index is 1.61. The van der Waals surface area contributed by atoms with E-state index in [-0.39, 0.29) is 11.7 Å². The molecule has 0 radical (unpaired) electrons. The Morgan fingerprint density at radius 2 is 1.96 bits per heavy atom. The zero-order chi connectivity index (χ0) is 18.5. The smallest absolute Gasteiger partial charge is 0.234 e. The number of benzene rings is 2. The molecule has 3 N–H and O–H groups in total. The Labute approximate surface area is 156 Å². The van der Waals surface area contributed by atoms with Gasteiger partial charge in [0.15, 0.2) is 11.0 Å². The lowest BCUT2D eigenvalue weighted by atomic mass is 10.1. The molecule has 2 aromatic carbocycles. The average Bonchev–Trinajstić information content (AvgIpc) is 3.01. The van der Waals surface area contributed by atoms with Crippen molar-refractivity contribution >= 4 is 29.0 Å². The SMILES string of the molecule is CCc1ccc(NC(=O)CSc2nnc(-c3cccc(N)c3)n2C)cc1. The molecule has 0 fully saturated rings. The van der Waals surface area contributed by atoms with Gasteiger partial charge in [0.25, 0.3) is 0 Å². The van der Waals surface area contributed by atoms with Gasteiger partial charge in [0, 0.05) is 24.0 Å². The molecule has 3 rings (SSSR count). The van der Waals surface area contributed by atoms with Gasteiger partial charge in [-0.05, 0) is 36.2 Å². The highest BCUT2D eigenvalue weighted by molar-refractivity contribution is 7.99. The zero-order valence-corrected chi connectivity index (χ0v) is 15.6. The molecule has 0 unspecified atom stereocenters. The monoisotopic (exact) mass is 367 g/mol. The third kappa shape index (κ3) is 4.23. The number of hydrogen-bond acceptors (Lipinski definition) is 5. The molecule has 0 atom stereocenters. The van der Waals surface area contributed by atoms with Crippen molar-refractivity contribution in [3.05, 3.63) is 54.1 Å². The van der Waals surface area contributed by atoms with Gasteiger partial charge in [0.1, 0.15) is 0 Å². The number of amides is 1. The van der Waals surface area contributed by atoms with E-state index in [1.54, 1.807) is 0 Å². The maximum Gasteiger partial charge on any atom is 0.234 e. The van der Waals surface area contributed by atoms with Crippen LogP contribution < -0.4 is 11.1 Å². The van der Waals surface area contributed by atoms with Crippen LogP contribution in [0.25, 0.3) is 11.4 Å². The van der Waals surface area contributed by atoms with Crippen LogP contribution in [0.2, 0.25) is 0 Å². The summed E-state index contributed by atoms with van der Waals surface area (Å²) in [6, 6.07) is 15.4. The highest BCUT2D eigenvalue weighted by Crippen LogP contribution is 2.24. The Morgan fingerprint density at radius 1 is 1.19 bits per heavy atom. The summed E-state index contributed by atoms with van der Waals surface area (Å²) in [6.07, 6.45) is 0.978. The van der Waals surface area contributed by atoms with Gasteiger partial charge >= 0.3 is 0 Å². The maximum absolute atomic E-state index is 12.2. The third-order valence-corrected chi connectivity index (χ3v) is 4.98. The quantitative estimate of drug-likeness (QED) is 0.515. The second-order valence-corrected chi connectivity index (χ2v) is 6.82. The Bertz CT molecular complexity index is 905. The fourth-order valence-corrected chi connectivity index (χ4v) is 3.23. The van der Waals surface area contributed by atoms with Gasteiger partial charge in [0.05, 0.1) is 5.75 Å². The predicted octanol–water partition coefficient (Wildman–Crippen LogP) is 3.36. The molecule has 7 heteroatoms. The normalized spacial score (nSPS) is 10.7. The second kappa shape index (κ2) is 8.05. The fourth-order valence-electron chi connectivity index (χ4n) is 2.52. The lowest BCUT2D eigenvalue weighted by molar-refractivity contribution is -0.113. The summed E-state index contributed by atoms with van der Waals surface area (Å²) in [5.41, 5.74) is 9.44. The third-order valence-electron chi connectivity index (χ3n) is 3.96. The van der Waals surface area contributed by atoms with E-state index >= 15 is 0 Å². The summed E-state index contributed by atoms with van der Waals surface area (Å²) < 4.78 is 1.86. The van der Waals surface area contributed by atoms with Crippen molar-refractivity contribution in [1.29, 1.82) is 0 Å². The summed E-state index contributed by atoms with van der Waals surface area (Å²) in [4.78, 5) is 12.2. The molecule has 1 heterocycles. The van der Waals surface area contributed by atoms with Crippen molar-refractivity contribution in [2.45, 2.75) is 18.5 Å². The van der Waals surface area contributed by atoms with E-state index in [1.165, 1.54) is 17.3 Å². The van der Waals surface area contributed by atoms with Crippen LogP contribution in [0.15, 0.2) is 53.7 Å². The molecular formula is C19H21N5OS. The molecule has 6 nitrogen and oxygen atoms in total. The number of thioether (sulfide) groups is 1. The van der Waals surface area contributed by atoms with Crippen LogP contribution in [-0.2, 0) is 18.3 Å². The number of nitrogen functional groups attached to an aromatic ring is 1. The first-order valence-electron chi connectivity index (χ1n) is 8.33. The minimum atomic E-state index is -0.0762. The van der Waals surface area contributed by atoms with Gasteiger partial charge in [-0.3, -0.25) is 4.79 Å². The summed E-state index contributed by atoms with van der Waals surface area (Å²) in [5.74, 6) is 0.904. The van der Waals surface area contributed by atoms with E-state index in [0.29, 0.717) is 10.8 Å². The largest absolute Gasteiger partial charge is 0.399 e. The first-order valence-corrected chi connectivity index (χ1v) is 9.32. The molecule has 26 heavy (non-hydrogen) atoms. The van der Waals surface area contributed by atoms with Crippen LogP contribution in [0.3, 0.4) is 0 Å². The van der Waals surface area contributed by atoms with Gasteiger partial charge < -0.3 is 15.6 Å².